The molecule has 0 saturated heterocycles. The molecule has 7 nitrogen and oxygen atoms in total. The summed E-state index contributed by atoms with van der Waals surface area (Å²) in [7, 11) is 2.69. The second kappa shape index (κ2) is 10.5. The van der Waals surface area contributed by atoms with E-state index in [1.54, 1.807) is 12.1 Å². The number of nitrogens with zero attached hydrogens (tertiary/aromatic N) is 1. The van der Waals surface area contributed by atoms with Crippen molar-refractivity contribution in [3.05, 3.63) is 89.5 Å². The molecule has 0 unspecified atom stereocenters. The maximum absolute atomic E-state index is 14.7. The fourth-order valence-electron chi connectivity index (χ4n) is 4.48. The van der Waals surface area contributed by atoms with Gasteiger partial charge in [-0.2, -0.15) is 13.2 Å². The lowest BCUT2D eigenvalue weighted by atomic mass is 9.76. The minimum absolute atomic E-state index is 0.120. The van der Waals surface area contributed by atoms with Crippen LogP contribution in [0.5, 0.6) is 17.2 Å². The molecule has 1 amide bonds. The number of benzene rings is 3. The first-order valence-corrected chi connectivity index (χ1v) is 11.9. The smallest absolute Gasteiger partial charge is 0.422 e. The van der Waals surface area contributed by atoms with Crippen molar-refractivity contribution >= 4 is 23.6 Å². The van der Waals surface area contributed by atoms with Crippen LogP contribution in [0.1, 0.15) is 39.9 Å². The van der Waals surface area contributed by atoms with Crippen molar-refractivity contribution < 1.29 is 42.1 Å². The average molecular weight is 542 g/mol. The quantitative estimate of drug-likeness (QED) is 0.380. The molecule has 0 bridgehead atoms. The van der Waals surface area contributed by atoms with Crippen molar-refractivity contribution in [3.63, 3.8) is 0 Å². The average Bonchev–Trinajstić information content (AvgIpc) is 2.93. The van der Waals surface area contributed by atoms with Crippen LogP contribution in [0.4, 0.5) is 18.9 Å². The van der Waals surface area contributed by atoms with Crippen LogP contribution in [0, 0.1) is 0 Å². The number of esters is 1. The Labute approximate surface area is 223 Å². The van der Waals surface area contributed by atoms with E-state index in [1.165, 1.54) is 68.5 Å². The third-order valence-corrected chi connectivity index (χ3v) is 6.80. The predicted molar refractivity (Wildman–Crippen MR) is 138 cm³/mol. The van der Waals surface area contributed by atoms with Gasteiger partial charge in [-0.05, 0) is 65.2 Å². The van der Waals surface area contributed by atoms with Crippen molar-refractivity contribution in [1.29, 1.82) is 0 Å². The van der Waals surface area contributed by atoms with Gasteiger partial charge in [0.1, 0.15) is 17.2 Å². The normalized spacial score (nSPS) is 15.5. The number of carbonyl (C=O) groups is 2. The van der Waals surface area contributed by atoms with Crippen LogP contribution in [0.25, 0.3) is 6.08 Å². The van der Waals surface area contributed by atoms with Gasteiger partial charge < -0.3 is 24.2 Å². The highest BCUT2D eigenvalue weighted by molar-refractivity contribution is 5.97. The Morgan fingerprint density at radius 3 is 2.38 bits per heavy atom. The van der Waals surface area contributed by atoms with Crippen molar-refractivity contribution in [2.75, 3.05) is 25.7 Å². The number of carbonyl (C=O) groups excluding carboxylic acids is 2. The third kappa shape index (κ3) is 5.07. The molecule has 3 aromatic carbocycles. The number of alkyl halides is 3. The molecule has 1 aliphatic rings. The molecule has 0 aromatic heterocycles. The molecular formula is C29H26F3NO6. The van der Waals surface area contributed by atoms with Crippen molar-refractivity contribution in [1.82, 2.24) is 0 Å². The number of amides is 1. The monoisotopic (exact) mass is 541 g/mol. The van der Waals surface area contributed by atoms with Crippen LogP contribution in [0.15, 0.2) is 67.2 Å². The first-order chi connectivity index (χ1) is 18.4. The summed E-state index contributed by atoms with van der Waals surface area (Å²) in [6.07, 6.45) is -3.71. The number of hydrogen-bond acceptors (Lipinski definition) is 6. The molecule has 204 valence electrons. The van der Waals surface area contributed by atoms with E-state index in [2.05, 4.69) is 11.3 Å². The standard InChI is InChI=1S/C29H26F3NO6/c1-5-18-6-12-22(39-21-10-7-19(8-11-21)27(35)37-4)15-23(18)17(2)28(36,29(30,31)32)20-9-13-25-24(14-20)33(3)26(34)16-38-25/h5-15,17,36H,1,16H2,2-4H3/t17-,28-/m0/s1. The summed E-state index contributed by atoms with van der Waals surface area (Å²) in [6.45, 7) is 4.73. The molecule has 0 fully saturated rings. The highest BCUT2D eigenvalue weighted by atomic mass is 19.4. The van der Waals surface area contributed by atoms with E-state index in [9.17, 15) is 27.9 Å². The highest BCUT2D eigenvalue weighted by Crippen LogP contribution is 2.51. The Morgan fingerprint density at radius 1 is 1.10 bits per heavy atom. The number of hydrogen-bond donors (Lipinski definition) is 1. The van der Waals surface area contributed by atoms with Gasteiger partial charge in [-0.1, -0.05) is 31.7 Å². The zero-order chi connectivity index (χ0) is 28.5. The highest BCUT2D eigenvalue weighted by Gasteiger charge is 2.59. The zero-order valence-corrected chi connectivity index (χ0v) is 21.4. The Bertz CT molecular complexity index is 1420. The molecule has 0 spiro atoms. The summed E-state index contributed by atoms with van der Waals surface area (Å²) in [5.74, 6) is -1.70. The van der Waals surface area contributed by atoms with E-state index in [4.69, 9.17) is 9.47 Å². The van der Waals surface area contributed by atoms with E-state index in [0.717, 1.165) is 12.1 Å². The van der Waals surface area contributed by atoms with E-state index in [0.29, 0.717) is 16.9 Å². The van der Waals surface area contributed by atoms with E-state index < -0.39 is 35.1 Å². The van der Waals surface area contributed by atoms with E-state index >= 15 is 0 Å². The first kappa shape index (κ1) is 27.7. The maximum atomic E-state index is 14.7. The van der Waals surface area contributed by atoms with Crippen LogP contribution < -0.4 is 14.4 Å². The maximum Gasteiger partial charge on any atom is 0.422 e. The first-order valence-electron chi connectivity index (χ1n) is 11.9. The molecule has 0 radical (unpaired) electrons. The van der Waals surface area contributed by atoms with Crippen molar-refractivity contribution in [3.8, 4) is 17.2 Å². The Balaban J connectivity index is 1.75. The molecule has 4 rings (SSSR count). The number of rotatable bonds is 7. The molecule has 1 heterocycles. The topological polar surface area (TPSA) is 85.3 Å². The second-order valence-electron chi connectivity index (χ2n) is 9.02. The van der Waals surface area contributed by atoms with Crippen molar-refractivity contribution in [2.24, 2.45) is 0 Å². The Hall–Kier alpha value is -4.31. The summed E-state index contributed by atoms with van der Waals surface area (Å²) < 4.78 is 59.9. The Morgan fingerprint density at radius 2 is 1.77 bits per heavy atom. The molecule has 2 atom stereocenters. The lowest BCUT2D eigenvalue weighted by Gasteiger charge is -2.38. The molecular weight excluding hydrogens is 515 g/mol. The van der Waals surface area contributed by atoms with Crippen LogP contribution in [0.3, 0.4) is 0 Å². The second-order valence-corrected chi connectivity index (χ2v) is 9.02. The van der Waals surface area contributed by atoms with Crippen molar-refractivity contribution in [2.45, 2.75) is 24.6 Å². The van der Waals surface area contributed by atoms with Gasteiger partial charge in [0.2, 0.25) is 0 Å². The molecule has 3 aromatic rings. The number of aliphatic hydroxyl groups is 1. The summed E-state index contributed by atoms with van der Waals surface area (Å²) in [5, 5.41) is 11.4. The predicted octanol–water partition coefficient (Wildman–Crippen LogP) is 5.82. The number of anilines is 1. The number of fused-ring (bicyclic) bond motifs is 1. The molecule has 0 aliphatic carbocycles. The van der Waals surface area contributed by atoms with Gasteiger partial charge in [-0.3, -0.25) is 4.79 Å². The zero-order valence-electron chi connectivity index (χ0n) is 21.4. The summed E-state index contributed by atoms with van der Waals surface area (Å²) in [4.78, 5) is 24.9. The molecule has 0 saturated carbocycles. The number of halogens is 3. The van der Waals surface area contributed by atoms with Gasteiger partial charge in [-0.25, -0.2) is 4.79 Å². The largest absolute Gasteiger partial charge is 0.482 e. The van der Waals surface area contributed by atoms with Gasteiger partial charge in [0, 0.05) is 13.0 Å². The number of methoxy groups -OCH3 is 1. The fraction of sp³-hybridized carbons (Fsp3) is 0.241. The number of likely N-dealkylation sites (N-methyl/N-ethyl adjacent to an activating group) is 1. The lowest BCUT2D eigenvalue weighted by Crippen LogP contribution is -2.47. The van der Waals surface area contributed by atoms with Gasteiger partial charge >= 0.3 is 12.1 Å². The fourth-order valence-corrected chi connectivity index (χ4v) is 4.48. The van der Waals surface area contributed by atoms with Crippen LogP contribution in [-0.4, -0.2) is 43.9 Å². The van der Waals surface area contributed by atoms with Gasteiger partial charge in [-0.15, -0.1) is 0 Å². The van der Waals surface area contributed by atoms with Crippen LogP contribution >= 0.6 is 0 Å². The summed E-state index contributed by atoms with van der Waals surface area (Å²) >= 11 is 0. The lowest BCUT2D eigenvalue weighted by molar-refractivity contribution is -0.274. The van der Waals surface area contributed by atoms with Crippen LogP contribution in [-0.2, 0) is 15.1 Å². The molecule has 10 heteroatoms. The third-order valence-electron chi connectivity index (χ3n) is 6.80. The van der Waals surface area contributed by atoms with Crippen LogP contribution in [0.2, 0.25) is 0 Å². The minimum atomic E-state index is -5.10. The van der Waals surface area contributed by atoms with Gasteiger partial charge in [0.15, 0.2) is 12.2 Å². The van der Waals surface area contributed by atoms with Gasteiger partial charge in [0.05, 0.1) is 18.4 Å². The SMILES string of the molecule is C=Cc1ccc(Oc2ccc(C(=O)OC)cc2)cc1[C@H](C)[C@](O)(c1ccc2c(c1)N(C)C(=O)CO2)C(F)(F)F. The summed E-state index contributed by atoms with van der Waals surface area (Å²) in [5.41, 5.74) is -2.87. The van der Waals surface area contributed by atoms with E-state index in [-0.39, 0.29) is 29.4 Å². The Kier molecular flexibility index (Phi) is 7.43. The van der Waals surface area contributed by atoms with Gasteiger partial charge in [0.25, 0.3) is 5.91 Å². The van der Waals surface area contributed by atoms with E-state index in [1.807, 2.05) is 0 Å². The molecule has 1 N–H and O–H groups in total. The molecule has 1 aliphatic heterocycles. The minimum Gasteiger partial charge on any atom is -0.482 e. The summed E-state index contributed by atoms with van der Waals surface area (Å²) in [6, 6.07) is 14.1. The number of ether oxygens (including phenoxy) is 3. The molecule has 39 heavy (non-hydrogen) atoms.